The summed E-state index contributed by atoms with van der Waals surface area (Å²) in [6, 6.07) is 16.3. The van der Waals surface area contributed by atoms with Crippen molar-refractivity contribution in [3.63, 3.8) is 0 Å². The van der Waals surface area contributed by atoms with Crippen molar-refractivity contribution in [1.29, 1.82) is 0 Å². The first-order valence-electron chi connectivity index (χ1n) is 11.3. The number of ether oxygens (including phenoxy) is 1. The molecule has 0 unspecified atom stereocenters. The topological polar surface area (TPSA) is 68.7 Å². The Balaban J connectivity index is 1.18. The molecule has 5 nitrogen and oxygen atoms in total. The molecule has 5 rings (SSSR count). The lowest BCUT2D eigenvalue weighted by molar-refractivity contribution is 0.0408. The Morgan fingerprint density at radius 1 is 1.19 bits per heavy atom. The number of thiophene rings is 1. The Morgan fingerprint density at radius 3 is 2.84 bits per heavy atom. The van der Waals surface area contributed by atoms with E-state index in [0.717, 1.165) is 51.8 Å². The summed E-state index contributed by atoms with van der Waals surface area (Å²) in [7, 11) is 0. The van der Waals surface area contributed by atoms with Crippen LogP contribution in [0.3, 0.4) is 0 Å². The molecule has 3 N–H and O–H groups in total. The maximum atomic E-state index is 10.7. The maximum absolute atomic E-state index is 10.7. The highest BCUT2D eigenvalue weighted by Gasteiger charge is 2.29. The van der Waals surface area contributed by atoms with Crippen molar-refractivity contribution in [2.75, 3.05) is 19.7 Å². The predicted octanol–water partition coefficient (Wildman–Crippen LogP) is 5.40. The quantitative estimate of drug-likeness (QED) is 0.368. The van der Waals surface area contributed by atoms with E-state index in [2.05, 4.69) is 35.0 Å². The van der Waals surface area contributed by atoms with Crippen molar-refractivity contribution in [3.05, 3.63) is 59.1 Å². The normalized spacial score (nSPS) is 20.7. The van der Waals surface area contributed by atoms with E-state index < -0.39 is 6.10 Å². The van der Waals surface area contributed by atoms with Crippen molar-refractivity contribution in [2.24, 2.45) is 0 Å². The van der Waals surface area contributed by atoms with Gasteiger partial charge in [0, 0.05) is 44.1 Å². The van der Waals surface area contributed by atoms with Crippen LogP contribution in [0.15, 0.2) is 48.5 Å². The van der Waals surface area contributed by atoms with E-state index in [9.17, 15) is 10.2 Å². The number of aliphatic hydroxyl groups excluding tert-OH is 1. The predicted molar refractivity (Wildman–Crippen MR) is 131 cm³/mol. The molecule has 2 aromatic heterocycles. The number of rotatable bonds is 6. The number of phenols is 1. The number of aromatic nitrogens is 1. The summed E-state index contributed by atoms with van der Waals surface area (Å²) in [6.07, 6.45) is 1.59. The summed E-state index contributed by atoms with van der Waals surface area (Å²) in [5.74, 6) is 1.68. The van der Waals surface area contributed by atoms with Gasteiger partial charge in [0.05, 0.1) is 0 Å². The molecule has 0 amide bonds. The fraction of sp³-hybridized carbons (Fsp3) is 0.385. The van der Waals surface area contributed by atoms with E-state index in [1.54, 1.807) is 17.4 Å². The molecule has 3 heterocycles. The fourth-order valence-electron chi connectivity index (χ4n) is 4.92. The minimum atomic E-state index is -0.537. The highest BCUT2D eigenvalue weighted by atomic mass is 32.1. The van der Waals surface area contributed by atoms with Crippen LogP contribution in [0.25, 0.3) is 21.0 Å². The molecule has 1 fully saturated rings. The zero-order valence-corrected chi connectivity index (χ0v) is 19.4. The van der Waals surface area contributed by atoms with Crippen LogP contribution >= 0.6 is 11.3 Å². The smallest absolute Gasteiger partial charge is 0.128 e. The summed E-state index contributed by atoms with van der Waals surface area (Å²) >= 11 is 1.79. The van der Waals surface area contributed by atoms with Gasteiger partial charge >= 0.3 is 0 Å². The largest absolute Gasteiger partial charge is 0.507 e. The summed E-state index contributed by atoms with van der Waals surface area (Å²) in [6.45, 7) is 6.13. The highest BCUT2D eigenvalue weighted by molar-refractivity contribution is 7.19. The summed E-state index contributed by atoms with van der Waals surface area (Å²) in [5, 5.41) is 22.8. The van der Waals surface area contributed by atoms with Crippen LogP contribution in [0, 0.1) is 6.92 Å². The van der Waals surface area contributed by atoms with Crippen molar-refractivity contribution in [3.8, 4) is 11.5 Å². The molecule has 4 aromatic rings. The van der Waals surface area contributed by atoms with Crippen LogP contribution in [0.5, 0.6) is 11.5 Å². The minimum Gasteiger partial charge on any atom is -0.507 e. The molecule has 0 saturated carbocycles. The molecule has 0 aliphatic carbocycles. The van der Waals surface area contributed by atoms with Crippen molar-refractivity contribution in [2.45, 2.75) is 44.8 Å². The number of nitrogens with zero attached hydrogens (tertiary/aromatic N) is 1. The van der Waals surface area contributed by atoms with Gasteiger partial charge in [-0.25, -0.2) is 0 Å². The van der Waals surface area contributed by atoms with Gasteiger partial charge in [0.2, 0.25) is 0 Å². The molecule has 32 heavy (non-hydrogen) atoms. The number of aryl methyl sites for hydroxylation is 1. The second-order valence-electron chi connectivity index (χ2n) is 9.04. The first-order chi connectivity index (χ1) is 15.5. The molecular weight excluding hydrogens is 420 g/mol. The van der Waals surface area contributed by atoms with Crippen LogP contribution in [0.1, 0.15) is 36.3 Å². The first-order valence-corrected chi connectivity index (χ1v) is 12.1. The van der Waals surface area contributed by atoms with Gasteiger partial charge < -0.3 is 19.9 Å². The Morgan fingerprint density at radius 2 is 2.03 bits per heavy atom. The second-order valence-corrected chi connectivity index (χ2v) is 10.2. The van der Waals surface area contributed by atoms with Crippen LogP contribution in [0.4, 0.5) is 0 Å². The molecule has 6 heteroatoms. The summed E-state index contributed by atoms with van der Waals surface area (Å²) in [4.78, 5) is 7.05. The number of hydrogen-bond acceptors (Lipinski definition) is 5. The molecule has 1 aliphatic rings. The highest BCUT2D eigenvalue weighted by Crippen LogP contribution is 2.40. The number of benzene rings is 2. The Bertz CT molecular complexity index is 1230. The lowest BCUT2D eigenvalue weighted by Gasteiger charge is -2.38. The number of fused-ring (bicyclic) bond motifs is 2. The summed E-state index contributed by atoms with van der Waals surface area (Å²) in [5.41, 5.74) is 2.15. The Kier molecular flexibility index (Phi) is 5.84. The minimum absolute atomic E-state index is 0.283. The van der Waals surface area contributed by atoms with Crippen LogP contribution in [-0.4, -0.2) is 51.9 Å². The van der Waals surface area contributed by atoms with E-state index in [1.165, 1.54) is 4.88 Å². The van der Waals surface area contributed by atoms with E-state index in [0.29, 0.717) is 24.3 Å². The number of aromatic amines is 1. The number of β-amino-alcohol motifs (C(OH)–C–C–N with tert-alkyl or cyclic N) is 1. The molecule has 0 radical (unpaired) electrons. The average Bonchev–Trinajstić information content (AvgIpc) is 3.37. The number of nitrogens with one attached hydrogen (secondary N) is 1. The van der Waals surface area contributed by atoms with Gasteiger partial charge in [-0.3, -0.25) is 4.90 Å². The number of H-pyrrole nitrogens is 1. The monoisotopic (exact) mass is 450 g/mol. The molecule has 0 spiro atoms. The average molecular weight is 451 g/mol. The molecule has 1 aliphatic heterocycles. The molecular formula is C26H30N2O3S. The SMILES string of the molecule is Cc1cc2c(OC[C@@H](O)CN3CC[C@H](c4cc5c(O)cccc5s4)C[C@@H]3C)cccc2[nH]1. The third-order valence-electron chi connectivity index (χ3n) is 6.61. The fourth-order valence-corrected chi connectivity index (χ4v) is 6.15. The van der Waals surface area contributed by atoms with Crippen molar-refractivity contribution >= 4 is 32.3 Å². The van der Waals surface area contributed by atoms with E-state index >= 15 is 0 Å². The van der Waals surface area contributed by atoms with Crippen LogP contribution in [0.2, 0.25) is 0 Å². The van der Waals surface area contributed by atoms with Gasteiger partial charge in [0.25, 0.3) is 0 Å². The van der Waals surface area contributed by atoms with E-state index in [4.69, 9.17) is 4.74 Å². The van der Waals surface area contributed by atoms with E-state index in [1.807, 2.05) is 31.2 Å². The van der Waals surface area contributed by atoms with E-state index in [-0.39, 0.29) is 6.61 Å². The molecule has 0 bridgehead atoms. The van der Waals surface area contributed by atoms with Crippen molar-refractivity contribution < 1.29 is 14.9 Å². The number of piperidine rings is 1. The van der Waals surface area contributed by atoms with Gasteiger partial charge in [-0.15, -0.1) is 11.3 Å². The van der Waals surface area contributed by atoms with Gasteiger partial charge in [-0.1, -0.05) is 12.1 Å². The van der Waals surface area contributed by atoms with Gasteiger partial charge in [-0.2, -0.15) is 0 Å². The molecule has 1 saturated heterocycles. The van der Waals surface area contributed by atoms with Crippen molar-refractivity contribution in [1.82, 2.24) is 9.88 Å². The Labute approximate surface area is 192 Å². The maximum Gasteiger partial charge on any atom is 0.128 e. The molecule has 168 valence electrons. The first kappa shape index (κ1) is 21.3. The third kappa shape index (κ3) is 4.22. The number of phenolic OH excluding ortho intramolecular Hbond substituents is 1. The zero-order valence-electron chi connectivity index (χ0n) is 18.5. The number of aliphatic hydroxyl groups is 1. The number of aromatic hydroxyl groups is 1. The van der Waals surface area contributed by atoms with Crippen LogP contribution < -0.4 is 4.74 Å². The van der Waals surface area contributed by atoms with Gasteiger partial charge in [0.15, 0.2) is 0 Å². The number of likely N-dealkylation sites (tertiary alicyclic amines) is 1. The Hall–Kier alpha value is -2.54. The number of hydrogen-bond donors (Lipinski definition) is 3. The van der Waals surface area contributed by atoms with Crippen LogP contribution in [-0.2, 0) is 0 Å². The zero-order chi connectivity index (χ0) is 22.2. The molecule has 2 aromatic carbocycles. The van der Waals surface area contributed by atoms with Gasteiger partial charge in [-0.05, 0) is 75.5 Å². The summed E-state index contributed by atoms with van der Waals surface area (Å²) < 4.78 is 7.14. The second kappa shape index (κ2) is 8.77. The molecule has 3 atom stereocenters. The van der Waals surface area contributed by atoms with Gasteiger partial charge in [0.1, 0.15) is 24.2 Å². The lowest BCUT2D eigenvalue weighted by atomic mass is 9.90. The standard InChI is InChI=1S/C26H30N2O3S/c1-16-11-20-22(27-16)5-3-7-24(20)31-15-19(29)14-28-10-9-18(12-17(28)2)26-13-21-23(30)6-4-8-25(21)32-26/h3-8,11,13,17-19,27,29-30H,9-10,12,14-15H2,1-2H3/t17-,18-,19-/m0/s1. The lowest BCUT2D eigenvalue weighted by Crippen LogP contribution is -2.45. The third-order valence-corrected chi connectivity index (χ3v) is 7.87.